The number of hydrogen-bond donors (Lipinski definition) is 1. The highest BCUT2D eigenvalue weighted by Gasteiger charge is 2.40. The molecule has 0 unspecified atom stereocenters. The van der Waals surface area contributed by atoms with Crippen LogP contribution >= 0.6 is 7.37 Å². The van der Waals surface area contributed by atoms with E-state index in [1.165, 1.54) is 12.0 Å². The molecule has 1 N–H and O–H groups in total. The lowest BCUT2D eigenvalue weighted by molar-refractivity contribution is 0.159. The van der Waals surface area contributed by atoms with Crippen LogP contribution in [0.3, 0.4) is 0 Å². The number of anilines is 2. The summed E-state index contributed by atoms with van der Waals surface area (Å²) in [5.41, 5.74) is 4.26. The van der Waals surface area contributed by atoms with Crippen molar-refractivity contribution in [1.29, 1.82) is 0 Å². The lowest BCUT2D eigenvalue weighted by Crippen LogP contribution is -2.25. The van der Waals surface area contributed by atoms with Crippen molar-refractivity contribution in [1.82, 2.24) is 0 Å². The fourth-order valence-electron chi connectivity index (χ4n) is 4.74. The Morgan fingerprint density at radius 3 is 2.00 bits per heavy atom. The van der Waals surface area contributed by atoms with Gasteiger partial charge in [-0.1, -0.05) is 75.6 Å². The fourth-order valence-corrected chi connectivity index (χ4v) is 7.38. The SMILES string of the molecule is CC(C)c1ccc([C@@H](Nc2ccccc2)[P@](=O)(OC2CCCCC2)c2ccc(N(C)C)cc2)cc1. The molecule has 0 radical (unpaired) electrons. The van der Waals surface area contributed by atoms with Crippen molar-refractivity contribution in [2.75, 3.05) is 24.3 Å². The Labute approximate surface area is 211 Å². The van der Waals surface area contributed by atoms with Crippen LogP contribution in [0.25, 0.3) is 0 Å². The summed E-state index contributed by atoms with van der Waals surface area (Å²) < 4.78 is 21.9. The van der Waals surface area contributed by atoms with E-state index in [1.54, 1.807) is 0 Å². The number of para-hydroxylation sites is 1. The molecule has 4 nitrogen and oxygen atoms in total. The summed E-state index contributed by atoms with van der Waals surface area (Å²) in [6, 6.07) is 26.6. The maximum Gasteiger partial charge on any atom is 0.258 e. The molecule has 0 heterocycles. The first kappa shape index (κ1) is 25.5. The first-order valence-corrected chi connectivity index (χ1v) is 14.5. The molecule has 0 amide bonds. The van der Waals surface area contributed by atoms with Crippen LogP contribution < -0.4 is 15.5 Å². The fraction of sp³-hybridized carbons (Fsp3) is 0.400. The maximum absolute atomic E-state index is 15.2. The minimum absolute atomic E-state index is 0.0121. The summed E-state index contributed by atoms with van der Waals surface area (Å²) in [5, 5.41) is 4.37. The van der Waals surface area contributed by atoms with Crippen LogP contribution in [0.15, 0.2) is 78.9 Å². The number of rotatable bonds is 9. The van der Waals surface area contributed by atoms with Gasteiger partial charge in [0.05, 0.1) is 6.10 Å². The van der Waals surface area contributed by atoms with Gasteiger partial charge in [-0.3, -0.25) is 4.57 Å². The predicted molar refractivity (Wildman–Crippen MR) is 149 cm³/mol. The molecule has 35 heavy (non-hydrogen) atoms. The lowest BCUT2D eigenvalue weighted by Gasteiger charge is -2.34. The molecule has 4 rings (SSSR count). The van der Waals surface area contributed by atoms with Gasteiger partial charge in [0.1, 0.15) is 5.78 Å². The second-order valence-corrected chi connectivity index (χ2v) is 12.5. The van der Waals surface area contributed by atoms with Crippen LogP contribution in [0, 0.1) is 0 Å². The highest BCUT2D eigenvalue weighted by molar-refractivity contribution is 7.67. The number of hydrogen-bond acceptors (Lipinski definition) is 4. The molecule has 186 valence electrons. The molecule has 1 fully saturated rings. The third-order valence-corrected chi connectivity index (χ3v) is 9.66. The van der Waals surface area contributed by atoms with Crippen LogP contribution in [-0.2, 0) is 9.09 Å². The topological polar surface area (TPSA) is 41.6 Å². The van der Waals surface area contributed by atoms with E-state index in [-0.39, 0.29) is 6.10 Å². The quantitative estimate of drug-likeness (QED) is 0.309. The molecule has 1 saturated carbocycles. The summed E-state index contributed by atoms with van der Waals surface area (Å²) in [4.78, 5) is 2.06. The normalized spacial score (nSPS) is 17.1. The highest BCUT2D eigenvalue weighted by Crippen LogP contribution is 2.60. The largest absolute Gasteiger partial charge is 0.378 e. The molecule has 2 atom stereocenters. The van der Waals surface area contributed by atoms with Gasteiger partial charge >= 0.3 is 0 Å². The van der Waals surface area contributed by atoms with Crippen molar-refractivity contribution < 1.29 is 9.09 Å². The summed E-state index contributed by atoms with van der Waals surface area (Å²) in [6.45, 7) is 4.39. The standard InChI is InChI=1S/C30H39N2O2P/c1-23(2)24-15-17-25(18-16-24)30(31-26-11-7-5-8-12-26)35(33,34-28-13-9-6-10-14-28)29-21-19-27(20-22-29)32(3)4/h5,7-8,11-12,15-23,28,30-31H,6,9-10,13-14H2,1-4H3/t30-,35+/m0/s1. The molecular weight excluding hydrogens is 451 g/mol. The zero-order valence-electron chi connectivity index (χ0n) is 21.5. The van der Waals surface area contributed by atoms with E-state index >= 15 is 4.57 Å². The molecule has 3 aromatic rings. The van der Waals surface area contributed by atoms with Gasteiger partial charge < -0.3 is 14.7 Å². The van der Waals surface area contributed by atoms with Gasteiger partial charge in [-0.2, -0.15) is 0 Å². The molecule has 1 aliphatic carbocycles. The van der Waals surface area contributed by atoms with E-state index in [4.69, 9.17) is 4.52 Å². The van der Waals surface area contributed by atoms with Crippen LogP contribution in [0.1, 0.15) is 68.8 Å². The van der Waals surface area contributed by atoms with Crippen LogP contribution in [0.4, 0.5) is 11.4 Å². The molecule has 0 aliphatic heterocycles. The number of nitrogens with one attached hydrogen (secondary N) is 1. The Morgan fingerprint density at radius 1 is 0.829 bits per heavy atom. The molecule has 0 bridgehead atoms. The maximum atomic E-state index is 15.2. The van der Waals surface area contributed by atoms with E-state index in [0.29, 0.717) is 5.92 Å². The average molecular weight is 491 g/mol. The van der Waals surface area contributed by atoms with Gasteiger partial charge in [0.25, 0.3) is 7.37 Å². The first-order valence-electron chi connectivity index (χ1n) is 12.8. The van der Waals surface area contributed by atoms with Crippen LogP contribution in [0.2, 0.25) is 0 Å². The first-order chi connectivity index (χ1) is 16.9. The van der Waals surface area contributed by atoms with Gasteiger partial charge in [-0.25, -0.2) is 0 Å². The zero-order chi connectivity index (χ0) is 24.8. The van der Waals surface area contributed by atoms with Crippen molar-refractivity contribution in [3.05, 3.63) is 90.0 Å². The second kappa shape index (κ2) is 11.5. The Kier molecular flexibility index (Phi) is 8.36. The summed E-state index contributed by atoms with van der Waals surface area (Å²) >= 11 is 0. The number of benzene rings is 3. The van der Waals surface area contributed by atoms with E-state index in [1.807, 2.05) is 68.7 Å². The smallest absolute Gasteiger partial charge is 0.258 e. The highest BCUT2D eigenvalue weighted by atomic mass is 31.2. The van der Waals surface area contributed by atoms with Crippen molar-refractivity contribution in [3.8, 4) is 0 Å². The molecule has 3 aromatic carbocycles. The van der Waals surface area contributed by atoms with E-state index in [2.05, 4.69) is 48.3 Å². The minimum Gasteiger partial charge on any atom is -0.378 e. The van der Waals surface area contributed by atoms with Gasteiger partial charge in [0.2, 0.25) is 0 Å². The summed E-state index contributed by atoms with van der Waals surface area (Å²) in [6.07, 6.45) is 5.42. The van der Waals surface area contributed by atoms with Crippen molar-refractivity contribution >= 4 is 24.0 Å². The zero-order valence-corrected chi connectivity index (χ0v) is 22.4. The molecule has 0 spiro atoms. The molecule has 5 heteroatoms. The predicted octanol–water partition coefficient (Wildman–Crippen LogP) is 7.94. The molecule has 0 aromatic heterocycles. The summed E-state index contributed by atoms with van der Waals surface area (Å²) in [5.74, 6) is -0.0494. The Hall–Kier alpha value is -2.55. The third kappa shape index (κ3) is 6.18. The van der Waals surface area contributed by atoms with E-state index in [9.17, 15) is 0 Å². The van der Waals surface area contributed by atoms with E-state index in [0.717, 1.165) is 47.9 Å². The van der Waals surface area contributed by atoms with Crippen molar-refractivity contribution in [2.24, 2.45) is 0 Å². The van der Waals surface area contributed by atoms with Gasteiger partial charge in [-0.15, -0.1) is 0 Å². The minimum atomic E-state index is -3.36. The average Bonchev–Trinajstić information content (AvgIpc) is 2.88. The van der Waals surface area contributed by atoms with Gasteiger partial charge in [-0.05, 0) is 66.3 Å². The Balaban J connectivity index is 1.80. The lowest BCUT2D eigenvalue weighted by atomic mass is 9.98. The van der Waals surface area contributed by atoms with E-state index < -0.39 is 13.2 Å². The Morgan fingerprint density at radius 2 is 1.43 bits per heavy atom. The second-order valence-electron chi connectivity index (χ2n) is 10.1. The monoisotopic (exact) mass is 490 g/mol. The van der Waals surface area contributed by atoms with Crippen molar-refractivity contribution in [3.63, 3.8) is 0 Å². The molecule has 1 aliphatic rings. The van der Waals surface area contributed by atoms with Crippen LogP contribution in [-0.4, -0.2) is 20.2 Å². The van der Waals surface area contributed by atoms with Crippen LogP contribution in [0.5, 0.6) is 0 Å². The third-order valence-electron chi connectivity index (χ3n) is 6.92. The summed E-state index contributed by atoms with van der Waals surface area (Å²) in [7, 11) is 0.678. The van der Waals surface area contributed by atoms with Gasteiger partial charge in [0.15, 0.2) is 0 Å². The number of nitrogens with zero attached hydrogens (tertiary/aromatic N) is 1. The molecular formula is C30H39N2O2P. The van der Waals surface area contributed by atoms with Crippen molar-refractivity contribution in [2.45, 2.75) is 63.8 Å². The van der Waals surface area contributed by atoms with Gasteiger partial charge in [0, 0.05) is 30.8 Å². The molecule has 0 saturated heterocycles. The Bertz CT molecular complexity index is 1110.